The zero-order chi connectivity index (χ0) is 11.4. The van der Waals surface area contributed by atoms with Gasteiger partial charge in [0.2, 0.25) is 0 Å². The van der Waals surface area contributed by atoms with E-state index in [1.807, 2.05) is 11.1 Å². The molecule has 0 saturated heterocycles. The lowest BCUT2D eigenvalue weighted by Crippen LogP contribution is -2.10. The highest BCUT2D eigenvalue weighted by Crippen LogP contribution is 2.68. The van der Waals surface area contributed by atoms with E-state index in [4.69, 9.17) is 0 Å². The topological polar surface area (TPSA) is 0 Å². The van der Waals surface area contributed by atoms with Gasteiger partial charge in [0, 0.05) is 0 Å². The number of hydrogen-bond acceptors (Lipinski definition) is 0. The molecule has 88 valence electrons. The summed E-state index contributed by atoms with van der Waals surface area (Å²) in [6.45, 7) is 0. The highest BCUT2D eigenvalue weighted by Gasteiger charge is 2.51. The Kier molecular flexibility index (Phi) is 1.22. The Bertz CT molecular complexity index is 650. The molecule has 2 fully saturated rings. The number of hydrogen-bond donors (Lipinski definition) is 0. The molecule has 8 rings (SSSR count). The third-order valence-corrected chi connectivity index (χ3v) is 6.29. The lowest BCUT2D eigenvalue weighted by Gasteiger charge is -2.26. The molecule has 0 nitrogen and oxygen atoms in total. The van der Waals surface area contributed by atoms with Crippen molar-refractivity contribution in [2.45, 2.75) is 49.4 Å². The van der Waals surface area contributed by atoms with E-state index in [9.17, 15) is 0 Å². The van der Waals surface area contributed by atoms with Gasteiger partial charge in [-0.25, -0.2) is 0 Å². The van der Waals surface area contributed by atoms with Crippen LogP contribution in [0.4, 0.5) is 0 Å². The molecule has 4 bridgehead atoms. The van der Waals surface area contributed by atoms with Gasteiger partial charge < -0.3 is 0 Å². The van der Waals surface area contributed by atoms with Crippen LogP contribution in [0.5, 0.6) is 0 Å². The van der Waals surface area contributed by atoms with Crippen LogP contribution in [-0.4, -0.2) is 0 Å². The summed E-state index contributed by atoms with van der Waals surface area (Å²) < 4.78 is 0. The SMILES string of the molecule is c1ccc2c3c(c4c(c2c1)C1CC4C1)C1CC3C1. The molecule has 0 radical (unpaired) electrons. The second-order valence-electron chi connectivity index (χ2n) is 6.93. The van der Waals surface area contributed by atoms with Crippen LogP contribution in [0.3, 0.4) is 0 Å². The van der Waals surface area contributed by atoms with Crippen LogP contribution in [0.2, 0.25) is 0 Å². The average Bonchev–Trinajstić information content (AvgIpc) is 3.00. The van der Waals surface area contributed by atoms with Gasteiger partial charge in [-0.3, -0.25) is 0 Å². The van der Waals surface area contributed by atoms with E-state index >= 15 is 0 Å². The Hall–Kier alpha value is -1.30. The Morgan fingerprint density at radius 3 is 1.39 bits per heavy atom. The fourth-order valence-electron chi connectivity index (χ4n) is 5.47. The molecule has 0 N–H and O–H groups in total. The molecule has 0 unspecified atom stereocenters. The molecule has 0 spiro atoms. The van der Waals surface area contributed by atoms with Gasteiger partial charge in [0.05, 0.1) is 0 Å². The summed E-state index contributed by atoms with van der Waals surface area (Å²) in [5.74, 6) is 3.72. The highest BCUT2D eigenvalue weighted by atomic mass is 14.6. The molecule has 2 aromatic rings. The summed E-state index contributed by atoms with van der Waals surface area (Å²) in [5.41, 5.74) is 7.25. The van der Waals surface area contributed by atoms with Gasteiger partial charge >= 0.3 is 0 Å². The van der Waals surface area contributed by atoms with Crippen LogP contribution in [-0.2, 0) is 0 Å². The summed E-state index contributed by atoms with van der Waals surface area (Å²) in [7, 11) is 0. The van der Waals surface area contributed by atoms with Gasteiger partial charge in [-0.1, -0.05) is 24.3 Å². The number of benzene rings is 2. The molecule has 6 aliphatic rings. The smallest absolute Gasteiger partial charge is 0.0141 e. The van der Waals surface area contributed by atoms with Crippen molar-refractivity contribution in [1.29, 1.82) is 0 Å². The maximum Gasteiger partial charge on any atom is -0.0141 e. The van der Waals surface area contributed by atoms with E-state index < -0.39 is 0 Å². The van der Waals surface area contributed by atoms with Gasteiger partial charge in [-0.2, -0.15) is 0 Å². The standard InChI is InChI=1S/C18H16/c1-2-4-14-13(3-1)15-9-5-11(6-9)17(15)18-12-7-10(8-12)16(14)18/h1-4,9-12H,5-8H2. The Balaban J connectivity index is 1.89. The van der Waals surface area contributed by atoms with E-state index in [0.717, 1.165) is 23.7 Å². The first-order chi connectivity index (χ1) is 8.92. The second kappa shape index (κ2) is 2.52. The molecule has 2 aromatic carbocycles. The minimum absolute atomic E-state index is 0.915. The third-order valence-electron chi connectivity index (χ3n) is 6.29. The van der Waals surface area contributed by atoms with Crippen molar-refractivity contribution in [2.24, 2.45) is 0 Å². The van der Waals surface area contributed by atoms with Crippen LogP contribution in [0, 0.1) is 0 Å². The molecule has 2 saturated carbocycles. The Morgan fingerprint density at radius 1 is 0.556 bits per heavy atom. The molecule has 0 heterocycles. The molecule has 0 heteroatoms. The largest absolute Gasteiger partial charge is 0.0616 e. The van der Waals surface area contributed by atoms with Gasteiger partial charge in [0.1, 0.15) is 0 Å². The molecule has 0 atom stereocenters. The van der Waals surface area contributed by atoms with Crippen molar-refractivity contribution in [1.82, 2.24) is 0 Å². The maximum atomic E-state index is 2.39. The van der Waals surface area contributed by atoms with Crippen LogP contribution < -0.4 is 0 Å². The van der Waals surface area contributed by atoms with Gasteiger partial charge in [-0.15, -0.1) is 0 Å². The quantitative estimate of drug-likeness (QED) is 0.612. The van der Waals surface area contributed by atoms with Crippen LogP contribution >= 0.6 is 0 Å². The molecule has 6 aliphatic carbocycles. The minimum atomic E-state index is 0.915. The predicted molar refractivity (Wildman–Crippen MR) is 73.4 cm³/mol. The van der Waals surface area contributed by atoms with Crippen molar-refractivity contribution < 1.29 is 0 Å². The van der Waals surface area contributed by atoms with Crippen molar-refractivity contribution >= 4 is 10.8 Å². The fraction of sp³-hybridized carbons (Fsp3) is 0.444. The second-order valence-corrected chi connectivity index (χ2v) is 6.93. The first-order valence-electron chi connectivity index (χ1n) is 7.50. The van der Waals surface area contributed by atoms with E-state index in [0.29, 0.717) is 0 Å². The minimum Gasteiger partial charge on any atom is -0.0616 e. The van der Waals surface area contributed by atoms with Crippen LogP contribution in [0.15, 0.2) is 24.3 Å². The van der Waals surface area contributed by atoms with Gasteiger partial charge in [0.25, 0.3) is 0 Å². The molecule has 0 aliphatic heterocycles. The van der Waals surface area contributed by atoms with Crippen molar-refractivity contribution in [3.05, 3.63) is 46.5 Å². The molecular weight excluding hydrogens is 216 g/mol. The van der Waals surface area contributed by atoms with Gasteiger partial charge in [0.15, 0.2) is 0 Å². The van der Waals surface area contributed by atoms with E-state index in [1.165, 1.54) is 25.7 Å². The summed E-state index contributed by atoms with van der Waals surface area (Å²) >= 11 is 0. The normalized spacial score (nSPS) is 37.1. The highest BCUT2D eigenvalue weighted by molar-refractivity contribution is 5.95. The monoisotopic (exact) mass is 232 g/mol. The Morgan fingerprint density at radius 2 is 0.944 bits per heavy atom. The van der Waals surface area contributed by atoms with Gasteiger partial charge in [-0.05, 0) is 82.4 Å². The van der Waals surface area contributed by atoms with E-state index in [-0.39, 0.29) is 0 Å². The van der Waals surface area contributed by atoms with Crippen LogP contribution in [0.25, 0.3) is 10.8 Å². The lowest BCUT2D eigenvalue weighted by molar-refractivity contribution is 0.391. The van der Waals surface area contributed by atoms with Crippen molar-refractivity contribution in [2.75, 3.05) is 0 Å². The van der Waals surface area contributed by atoms with Crippen molar-refractivity contribution in [3.8, 4) is 0 Å². The first-order valence-corrected chi connectivity index (χ1v) is 7.50. The summed E-state index contributed by atoms with van der Waals surface area (Å²) in [5, 5.41) is 3.23. The molecule has 0 aromatic heterocycles. The lowest BCUT2D eigenvalue weighted by atomic mass is 9.78. The van der Waals surface area contributed by atoms with Crippen LogP contribution in [0.1, 0.15) is 71.6 Å². The zero-order valence-corrected chi connectivity index (χ0v) is 10.4. The van der Waals surface area contributed by atoms with Crippen molar-refractivity contribution in [3.63, 3.8) is 0 Å². The summed E-state index contributed by atoms with van der Waals surface area (Å²) in [6, 6.07) is 9.27. The maximum absolute atomic E-state index is 2.39. The third kappa shape index (κ3) is 0.725. The average molecular weight is 232 g/mol. The molecule has 0 amide bonds. The molecule has 18 heavy (non-hydrogen) atoms. The fourth-order valence-corrected chi connectivity index (χ4v) is 5.47. The molecular formula is C18H16. The number of rotatable bonds is 0. The first kappa shape index (κ1) is 8.74. The number of fused-ring (bicyclic) bond motifs is 1. The zero-order valence-electron chi connectivity index (χ0n) is 10.4. The summed E-state index contributed by atoms with van der Waals surface area (Å²) in [4.78, 5) is 0. The Labute approximate surface area is 107 Å². The van der Waals surface area contributed by atoms with E-state index in [2.05, 4.69) is 24.3 Å². The predicted octanol–water partition coefficient (Wildman–Crippen LogP) is 4.79. The summed E-state index contributed by atoms with van der Waals surface area (Å²) in [6.07, 6.45) is 5.86. The van der Waals surface area contributed by atoms with E-state index in [1.54, 1.807) is 21.9 Å².